The molecule has 8 heteroatoms. The first kappa shape index (κ1) is 31.2. The van der Waals surface area contributed by atoms with Gasteiger partial charge in [0.1, 0.15) is 17.1 Å². The van der Waals surface area contributed by atoms with Crippen molar-refractivity contribution in [3.63, 3.8) is 0 Å². The minimum absolute atomic E-state index is 0.00236. The maximum atomic E-state index is 12.8. The highest BCUT2D eigenvalue weighted by atomic mass is 16.6. The van der Waals surface area contributed by atoms with Gasteiger partial charge in [0, 0.05) is 35.5 Å². The fraction of sp³-hybridized carbons (Fsp3) is 0.364. The molecule has 3 rings (SSSR count). The van der Waals surface area contributed by atoms with Crippen LogP contribution >= 0.6 is 0 Å². The number of anilines is 1. The number of benzene rings is 3. The van der Waals surface area contributed by atoms with Crippen LogP contribution in [0.3, 0.4) is 0 Å². The van der Waals surface area contributed by atoms with Crippen LogP contribution in [0.1, 0.15) is 63.4 Å². The normalized spacial score (nSPS) is 11.8. The van der Waals surface area contributed by atoms with Gasteiger partial charge >= 0.3 is 6.09 Å². The molecule has 0 fully saturated rings. The smallest absolute Gasteiger partial charge is 0.410 e. The molecule has 0 aromatic heterocycles. The lowest BCUT2D eigenvalue weighted by Gasteiger charge is -2.31. The molecule has 0 saturated carbocycles. The maximum absolute atomic E-state index is 12.8. The van der Waals surface area contributed by atoms with Gasteiger partial charge in [-0.1, -0.05) is 43.3 Å². The van der Waals surface area contributed by atoms with Gasteiger partial charge in [0.2, 0.25) is 5.91 Å². The average Bonchev–Trinajstić information content (AvgIpc) is 2.95. The molecule has 41 heavy (non-hydrogen) atoms. The van der Waals surface area contributed by atoms with Gasteiger partial charge in [0.15, 0.2) is 5.78 Å². The Morgan fingerprint density at radius 2 is 1.56 bits per heavy atom. The highest BCUT2D eigenvalue weighted by molar-refractivity contribution is 6.11. The molecule has 0 aliphatic heterocycles. The Bertz CT molecular complexity index is 1340. The van der Waals surface area contributed by atoms with Crippen LogP contribution in [0.4, 0.5) is 10.5 Å². The summed E-state index contributed by atoms with van der Waals surface area (Å²) in [5.74, 6) is 0.658. The summed E-state index contributed by atoms with van der Waals surface area (Å²) in [7, 11) is 3.18. The highest BCUT2D eigenvalue weighted by Crippen LogP contribution is 2.33. The zero-order valence-electron chi connectivity index (χ0n) is 24.9. The number of rotatable bonds is 11. The molecule has 0 heterocycles. The number of ketones is 1. The molecule has 0 spiro atoms. The number of hydrogen-bond acceptors (Lipinski definition) is 6. The molecule has 0 bridgehead atoms. The van der Waals surface area contributed by atoms with E-state index in [2.05, 4.69) is 5.32 Å². The fourth-order valence-electron chi connectivity index (χ4n) is 4.16. The Morgan fingerprint density at radius 1 is 0.902 bits per heavy atom. The summed E-state index contributed by atoms with van der Waals surface area (Å²) in [6.07, 6.45) is 0.145. The van der Waals surface area contributed by atoms with Crippen molar-refractivity contribution < 1.29 is 28.6 Å². The second-order valence-electron chi connectivity index (χ2n) is 10.9. The van der Waals surface area contributed by atoms with E-state index in [9.17, 15) is 14.4 Å². The first-order chi connectivity index (χ1) is 19.4. The molecule has 1 atom stereocenters. The van der Waals surface area contributed by atoms with Crippen molar-refractivity contribution in [1.82, 2.24) is 4.90 Å². The Hall–Kier alpha value is -4.33. The molecule has 0 radical (unpaired) electrons. The number of amides is 2. The van der Waals surface area contributed by atoms with Crippen molar-refractivity contribution in [2.45, 2.75) is 65.6 Å². The van der Waals surface area contributed by atoms with Crippen LogP contribution < -0.4 is 14.8 Å². The lowest BCUT2D eigenvalue weighted by molar-refractivity contribution is -0.115. The van der Waals surface area contributed by atoms with E-state index < -0.39 is 11.5 Å². The van der Waals surface area contributed by atoms with Crippen LogP contribution in [0.25, 0.3) is 11.1 Å². The number of Topliss-reactive ketones (excluding diaryl/α,β-unsaturated/α-hetero) is 1. The number of methoxy groups -OCH3 is 2. The molecule has 1 unspecified atom stereocenters. The third-order valence-electron chi connectivity index (χ3n) is 6.59. The third-order valence-corrected chi connectivity index (χ3v) is 6.59. The molecule has 0 aliphatic carbocycles. The van der Waals surface area contributed by atoms with Gasteiger partial charge in [-0.3, -0.25) is 9.59 Å². The monoisotopic (exact) mass is 560 g/mol. The molecule has 3 aromatic rings. The molecular weight excluding hydrogens is 520 g/mol. The van der Waals surface area contributed by atoms with E-state index in [-0.39, 0.29) is 24.3 Å². The van der Waals surface area contributed by atoms with Gasteiger partial charge in [0.25, 0.3) is 0 Å². The molecule has 8 nitrogen and oxygen atoms in total. The van der Waals surface area contributed by atoms with E-state index in [1.165, 1.54) is 0 Å². The van der Waals surface area contributed by atoms with Gasteiger partial charge in [-0.25, -0.2) is 4.79 Å². The second-order valence-corrected chi connectivity index (χ2v) is 10.9. The number of hydrogen-bond donors (Lipinski definition) is 1. The second kappa shape index (κ2) is 13.8. The SMILES string of the molecule is CCC(C)N(Cc1ccc(NC(=O)CC(=O)c2ccc(-c3ccc(OC)cc3OC)cc2)cc1)C(=O)OC(C)(C)C. The first-order valence-corrected chi connectivity index (χ1v) is 13.7. The number of carbonyl (C=O) groups is 3. The predicted octanol–water partition coefficient (Wildman–Crippen LogP) is 7.12. The summed E-state index contributed by atoms with van der Waals surface area (Å²) in [6, 6.07) is 19.8. The van der Waals surface area contributed by atoms with Crippen molar-refractivity contribution in [2.75, 3.05) is 19.5 Å². The molecule has 3 aromatic carbocycles. The lowest BCUT2D eigenvalue weighted by atomic mass is 10.0. The first-order valence-electron chi connectivity index (χ1n) is 13.7. The Morgan fingerprint density at radius 3 is 2.12 bits per heavy atom. The molecule has 0 saturated heterocycles. The number of nitrogens with zero attached hydrogens (tertiary/aromatic N) is 1. The molecular formula is C33H40N2O6. The molecule has 2 amide bonds. The fourth-order valence-corrected chi connectivity index (χ4v) is 4.16. The zero-order valence-corrected chi connectivity index (χ0v) is 24.9. The maximum Gasteiger partial charge on any atom is 0.410 e. The van der Waals surface area contributed by atoms with Crippen LogP contribution in [-0.2, 0) is 16.1 Å². The van der Waals surface area contributed by atoms with E-state index in [0.717, 1.165) is 23.1 Å². The standard InChI is InChI=1S/C33H40N2O6/c1-8-22(2)35(32(38)41-33(3,4)5)21-23-9-15-26(16-10-23)34-31(37)20-29(36)25-13-11-24(12-14-25)28-18-17-27(39-6)19-30(28)40-7/h9-19,22H,8,20-21H2,1-7H3,(H,34,37). The zero-order chi connectivity index (χ0) is 30.2. The van der Waals surface area contributed by atoms with Gasteiger partial charge in [-0.15, -0.1) is 0 Å². The quantitative estimate of drug-likeness (QED) is 0.198. The Kier molecular flexibility index (Phi) is 10.5. The minimum atomic E-state index is -0.583. The summed E-state index contributed by atoms with van der Waals surface area (Å²) in [5.41, 5.74) is 3.08. The molecule has 0 aliphatic rings. The number of ether oxygens (including phenoxy) is 3. The topological polar surface area (TPSA) is 94.2 Å². The summed E-state index contributed by atoms with van der Waals surface area (Å²) in [4.78, 5) is 39.8. The van der Waals surface area contributed by atoms with Crippen LogP contribution in [0.2, 0.25) is 0 Å². The van der Waals surface area contributed by atoms with Crippen LogP contribution in [0.15, 0.2) is 66.7 Å². The molecule has 218 valence electrons. The average molecular weight is 561 g/mol. The van der Waals surface area contributed by atoms with E-state index in [1.807, 2.05) is 71.0 Å². The van der Waals surface area contributed by atoms with Crippen LogP contribution in [0, 0.1) is 0 Å². The lowest BCUT2D eigenvalue weighted by Crippen LogP contribution is -2.41. The van der Waals surface area contributed by atoms with Crippen molar-refractivity contribution in [3.8, 4) is 22.6 Å². The summed E-state index contributed by atoms with van der Waals surface area (Å²) in [5, 5.41) is 2.78. The third kappa shape index (κ3) is 8.83. The summed E-state index contributed by atoms with van der Waals surface area (Å²) >= 11 is 0. The van der Waals surface area contributed by atoms with Gasteiger partial charge in [-0.05, 0) is 69.5 Å². The predicted molar refractivity (Wildman–Crippen MR) is 161 cm³/mol. The largest absolute Gasteiger partial charge is 0.497 e. The van der Waals surface area contributed by atoms with Crippen molar-refractivity contribution in [1.29, 1.82) is 0 Å². The van der Waals surface area contributed by atoms with E-state index in [1.54, 1.807) is 49.5 Å². The van der Waals surface area contributed by atoms with Crippen molar-refractivity contribution >= 4 is 23.5 Å². The minimum Gasteiger partial charge on any atom is -0.497 e. The van der Waals surface area contributed by atoms with E-state index in [4.69, 9.17) is 14.2 Å². The van der Waals surface area contributed by atoms with E-state index >= 15 is 0 Å². The number of carbonyl (C=O) groups excluding carboxylic acids is 3. The van der Waals surface area contributed by atoms with Crippen molar-refractivity contribution in [2.24, 2.45) is 0 Å². The highest BCUT2D eigenvalue weighted by Gasteiger charge is 2.25. The van der Waals surface area contributed by atoms with Crippen molar-refractivity contribution in [3.05, 3.63) is 77.9 Å². The van der Waals surface area contributed by atoms with Crippen LogP contribution in [0.5, 0.6) is 11.5 Å². The van der Waals surface area contributed by atoms with Gasteiger partial charge < -0.3 is 24.4 Å². The summed E-state index contributed by atoms with van der Waals surface area (Å²) < 4.78 is 16.3. The number of nitrogens with one attached hydrogen (secondary N) is 1. The van der Waals surface area contributed by atoms with E-state index in [0.29, 0.717) is 29.3 Å². The molecule has 1 N–H and O–H groups in total. The van der Waals surface area contributed by atoms with Gasteiger partial charge in [-0.2, -0.15) is 0 Å². The summed E-state index contributed by atoms with van der Waals surface area (Å²) in [6.45, 7) is 9.92. The Balaban J connectivity index is 1.60. The Labute approximate surface area is 242 Å². The van der Waals surface area contributed by atoms with Gasteiger partial charge in [0.05, 0.1) is 20.6 Å². The van der Waals surface area contributed by atoms with Crippen LogP contribution in [-0.4, -0.2) is 48.5 Å².